The van der Waals surface area contributed by atoms with Gasteiger partial charge in [-0.15, -0.1) is 0 Å². The van der Waals surface area contributed by atoms with Crippen LogP contribution in [0.25, 0.3) is 0 Å². The molecule has 2 fully saturated rings. The Morgan fingerprint density at radius 2 is 1.68 bits per heavy atom. The fraction of sp³-hybridized carbons (Fsp3) is 1.00. The first-order valence-corrected chi connectivity index (χ1v) is 8.34. The van der Waals surface area contributed by atoms with Gasteiger partial charge in [0.2, 0.25) is 0 Å². The van der Waals surface area contributed by atoms with Gasteiger partial charge in [-0.2, -0.15) is 0 Å². The second-order valence-corrected chi connectivity index (χ2v) is 6.46. The lowest BCUT2D eigenvalue weighted by atomic mass is 10.00. The molecule has 0 unspecified atom stereocenters. The van der Waals surface area contributed by atoms with E-state index in [9.17, 15) is 0 Å². The van der Waals surface area contributed by atoms with Crippen LogP contribution < -0.4 is 5.32 Å². The topological polar surface area (TPSA) is 24.5 Å². The zero-order valence-electron chi connectivity index (χ0n) is 12.7. The summed E-state index contributed by atoms with van der Waals surface area (Å²) in [7, 11) is 2.27. The Labute approximate surface area is 119 Å². The Kier molecular flexibility index (Phi) is 7.18. The van der Waals surface area contributed by atoms with Crippen LogP contribution in [0.5, 0.6) is 0 Å². The number of ether oxygens (including phenoxy) is 1. The molecular formula is C16H32N2O. The molecule has 1 saturated carbocycles. The highest BCUT2D eigenvalue weighted by Gasteiger charge is 2.16. The predicted molar refractivity (Wildman–Crippen MR) is 80.5 cm³/mol. The molecule has 0 radical (unpaired) electrons. The van der Waals surface area contributed by atoms with Gasteiger partial charge in [0.05, 0.1) is 0 Å². The minimum Gasteiger partial charge on any atom is -0.381 e. The van der Waals surface area contributed by atoms with Crippen molar-refractivity contribution in [2.24, 2.45) is 5.92 Å². The smallest absolute Gasteiger partial charge is 0.0469 e. The summed E-state index contributed by atoms with van der Waals surface area (Å²) in [6.45, 7) is 5.53. The average molecular weight is 268 g/mol. The van der Waals surface area contributed by atoms with Crippen molar-refractivity contribution in [1.29, 1.82) is 0 Å². The van der Waals surface area contributed by atoms with Gasteiger partial charge in [0.15, 0.2) is 0 Å². The summed E-state index contributed by atoms with van der Waals surface area (Å²) in [4.78, 5) is 2.50. The van der Waals surface area contributed by atoms with Crippen LogP contribution in [0.4, 0.5) is 0 Å². The van der Waals surface area contributed by atoms with Crippen LogP contribution in [0, 0.1) is 5.92 Å². The molecule has 0 aromatic heterocycles. The van der Waals surface area contributed by atoms with Crippen LogP contribution in [0.3, 0.4) is 0 Å². The number of rotatable bonds is 6. The fourth-order valence-corrected chi connectivity index (χ4v) is 3.40. The van der Waals surface area contributed by atoms with Crippen LogP contribution in [0.2, 0.25) is 0 Å². The van der Waals surface area contributed by atoms with E-state index in [1.165, 1.54) is 64.5 Å². The Hall–Kier alpha value is -0.120. The van der Waals surface area contributed by atoms with E-state index in [-0.39, 0.29) is 0 Å². The third-order valence-electron chi connectivity index (χ3n) is 4.69. The van der Waals surface area contributed by atoms with Crippen LogP contribution in [0.15, 0.2) is 0 Å². The summed E-state index contributed by atoms with van der Waals surface area (Å²) in [5, 5.41) is 3.76. The standard InChI is InChI=1S/C16H32N2O/c1-18(14-15-8-12-19-13-9-15)11-10-17-16-6-4-2-3-5-7-16/h15-17H,2-14H2,1H3. The van der Waals surface area contributed by atoms with Crippen molar-refractivity contribution >= 4 is 0 Å². The minimum atomic E-state index is 0.791. The largest absolute Gasteiger partial charge is 0.381 e. The fourth-order valence-electron chi connectivity index (χ4n) is 3.40. The molecule has 1 aliphatic heterocycles. The molecule has 0 amide bonds. The molecule has 0 spiro atoms. The molecule has 0 aromatic rings. The molecule has 2 aliphatic rings. The first-order chi connectivity index (χ1) is 9.34. The van der Waals surface area contributed by atoms with Gasteiger partial charge in [-0.3, -0.25) is 0 Å². The van der Waals surface area contributed by atoms with E-state index in [2.05, 4.69) is 17.3 Å². The quantitative estimate of drug-likeness (QED) is 0.750. The maximum absolute atomic E-state index is 5.42. The highest BCUT2D eigenvalue weighted by molar-refractivity contribution is 4.72. The number of nitrogens with zero attached hydrogens (tertiary/aromatic N) is 1. The molecule has 1 heterocycles. The van der Waals surface area contributed by atoms with Crippen molar-refractivity contribution in [1.82, 2.24) is 10.2 Å². The SMILES string of the molecule is CN(CCNC1CCCCCC1)CC1CCOCC1. The van der Waals surface area contributed by atoms with Crippen molar-refractivity contribution in [3.63, 3.8) is 0 Å². The molecule has 0 aromatic carbocycles. The summed E-state index contributed by atoms with van der Waals surface area (Å²) in [5.41, 5.74) is 0. The first kappa shape index (κ1) is 15.3. The third-order valence-corrected chi connectivity index (χ3v) is 4.69. The van der Waals surface area contributed by atoms with E-state index < -0.39 is 0 Å². The van der Waals surface area contributed by atoms with Crippen LogP contribution in [0.1, 0.15) is 51.4 Å². The van der Waals surface area contributed by atoms with Gasteiger partial charge in [0.1, 0.15) is 0 Å². The molecule has 0 bridgehead atoms. The lowest BCUT2D eigenvalue weighted by Gasteiger charge is -2.27. The summed E-state index contributed by atoms with van der Waals surface area (Å²) in [6.07, 6.45) is 11.0. The zero-order valence-corrected chi connectivity index (χ0v) is 12.7. The second kappa shape index (κ2) is 8.93. The number of hydrogen-bond donors (Lipinski definition) is 1. The molecule has 0 atom stereocenters. The first-order valence-electron chi connectivity index (χ1n) is 8.34. The molecule has 3 heteroatoms. The zero-order chi connectivity index (χ0) is 13.3. The maximum Gasteiger partial charge on any atom is 0.0469 e. The molecular weight excluding hydrogens is 236 g/mol. The normalized spacial score (nSPS) is 23.7. The van der Waals surface area contributed by atoms with Gasteiger partial charge in [0, 0.05) is 38.9 Å². The van der Waals surface area contributed by atoms with E-state index >= 15 is 0 Å². The Bertz CT molecular complexity index is 221. The van der Waals surface area contributed by atoms with Gasteiger partial charge in [0.25, 0.3) is 0 Å². The van der Waals surface area contributed by atoms with E-state index in [0.717, 1.165) is 31.7 Å². The lowest BCUT2D eigenvalue weighted by Crippen LogP contribution is -2.38. The lowest BCUT2D eigenvalue weighted by molar-refractivity contribution is 0.0558. The Morgan fingerprint density at radius 1 is 1.00 bits per heavy atom. The van der Waals surface area contributed by atoms with Gasteiger partial charge in [-0.25, -0.2) is 0 Å². The third kappa shape index (κ3) is 6.24. The highest BCUT2D eigenvalue weighted by Crippen LogP contribution is 2.17. The maximum atomic E-state index is 5.42. The number of nitrogens with one attached hydrogen (secondary N) is 1. The predicted octanol–water partition coefficient (Wildman–Crippen LogP) is 2.66. The van der Waals surface area contributed by atoms with E-state index in [1.54, 1.807) is 0 Å². The van der Waals surface area contributed by atoms with Crippen molar-refractivity contribution in [2.75, 3.05) is 39.9 Å². The van der Waals surface area contributed by atoms with Gasteiger partial charge >= 0.3 is 0 Å². The molecule has 1 saturated heterocycles. The molecule has 2 rings (SSSR count). The minimum absolute atomic E-state index is 0.791. The number of likely N-dealkylation sites (N-methyl/N-ethyl adjacent to an activating group) is 1. The van der Waals surface area contributed by atoms with Gasteiger partial charge < -0.3 is 15.0 Å². The average Bonchev–Trinajstić information content (AvgIpc) is 2.68. The molecule has 19 heavy (non-hydrogen) atoms. The van der Waals surface area contributed by atoms with E-state index in [4.69, 9.17) is 4.74 Å². The number of hydrogen-bond acceptors (Lipinski definition) is 3. The van der Waals surface area contributed by atoms with Crippen molar-refractivity contribution in [3.05, 3.63) is 0 Å². The summed E-state index contributed by atoms with van der Waals surface area (Å²) < 4.78 is 5.42. The molecule has 112 valence electrons. The second-order valence-electron chi connectivity index (χ2n) is 6.46. The van der Waals surface area contributed by atoms with E-state index in [1.807, 2.05) is 0 Å². The highest BCUT2D eigenvalue weighted by atomic mass is 16.5. The van der Waals surface area contributed by atoms with Crippen LogP contribution in [-0.2, 0) is 4.74 Å². The summed E-state index contributed by atoms with van der Waals surface area (Å²) in [6, 6.07) is 0.791. The van der Waals surface area contributed by atoms with Gasteiger partial charge in [-0.05, 0) is 38.6 Å². The monoisotopic (exact) mass is 268 g/mol. The molecule has 1 aliphatic carbocycles. The van der Waals surface area contributed by atoms with Crippen LogP contribution in [-0.4, -0.2) is 50.8 Å². The molecule has 1 N–H and O–H groups in total. The van der Waals surface area contributed by atoms with Crippen molar-refractivity contribution < 1.29 is 4.74 Å². The van der Waals surface area contributed by atoms with E-state index in [0.29, 0.717) is 0 Å². The summed E-state index contributed by atoms with van der Waals surface area (Å²) in [5.74, 6) is 0.858. The van der Waals surface area contributed by atoms with Crippen LogP contribution >= 0.6 is 0 Å². The van der Waals surface area contributed by atoms with Gasteiger partial charge in [-0.1, -0.05) is 25.7 Å². The Balaban J connectivity index is 1.53. The van der Waals surface area contributed by atoms with Crippen molar-refractivity contribution in [3.8, 4) is 0 Å². The Morgan fingerprint density at radius 3 is 2.37 bits per heavy atom. The van der Waals surface area contributed by atoms with Crippen molar-refractivity contribution in [2.45, 2.75) is 57.4 Å². The summed E-state index contributed by atoms with van der Waals surface area (Å²) >= 11 is 0. The molecule has 3 nitrogen and oxygen atoms in total.